The molecule has 0 saturated heterocycles. The third-order valence-electron chi connectivity index (χ3n) is 2.31. The van der Waals surface area contributed by atoms with Crippen molar-refractivity contribution in [1.29, 1.82) is 0 Å². The Hall–Kier alpha value is -1.82. The minimum atomic E-state index is -0.438. The van der Waals surface area contributed by atoms with Crippen LogP contribution in [-0.4, -0.2) is 20.7 Å². The highest BCUT2D eigenvalue weighted by atomic mass is 35.5. The first-order valence-corrected chi connectivity index (χ1v) is 5.24. The second-order valence-corrected chi connectivity index (χ2v) is 3.95. The van der Waals surface area contributed by atoms with Gasteiger partial charge in [-0.3, -0.25) is 19.4 Å². The van der Waals surface area contributed by atoms with Crippen molar-refractivity contribution in [3.63, 3.8) is 0 Å². The normalized spacial score (nSPS) is 10.8. The first kappa shape index (κ1) is 11.7. The Kier molecular flexibility index (Phi) is 2.89. The molecule has 6 nitrogen and oxygen atoms in total. The molecule has 2 heterocycles. The Balaban J connectivity index is 2.60. The molecule has 0 atom stereocenters. The first-order valence-electron chi connectivity index (χ1n) is 4.86. The van der Waals surface area contributed by atoms with Gasteiger partial charge in [-0.25, -0.2) is 4.98 Å². The van der Waals surface area contributed by atoms with E-state index in [1.165, 1.54) is 6.92 Å². The van der Waals surface area contributed by atoms with E-state index < -0.39 is 5.97 Å². The third kappa shape index (κ3) is 2.16. The van der Waals surface area contributed by atoms with Crippen LogP contribution in [0.4, 0.5) is 0 Å². The van der Waals surface area contributed by atoms with Crippen molar-refractivity contribution in [2.24, 2.45) is 7.05 Å². The standard InChI is InChI=1S/C10H10ClN3O3/c1-5(15)17-4-6-9-7(3-8(11)12-6)14(2)13-10(9)16/h3H,4H2,1-2H3,(H,13,16). The molecule has 0 aliphatic carbocycles. The molecule has 2 rings (SSSR count). The predicted molar refractivity (Wildman–Crippen MR) is 61.8 cm³/mol. The molecule has 0 aromatic carbocycles. The minimum absolute atomic E-state index is 0.0700. The molecule has 0 fully saturated rings. The number of aromatic nitrogens is 3. The number of hydrogen-bond donors (Lipinski definition) is 1. The monoisotopic (exact) mass is 255 g/mol. The maximum absolute atomic E-state index is 11.7. The van der Waals surface area contributed by atoms with Crippen LogP contribution in [0, 0.1) is 0 Å². The highest BCUT2D eigenvalue weighted by Crippen LogP contribution is 2.18. The predicted octanol–water partition coefficient (Wildman–Crippen LogP) is 0.978. The van der Waals surface area contributed by atoms with Gasteiger partial charge in [-0.05, 0) is 0 Å². The zero-order chi connectivity index (χ0) is 12.6. The number of halogens is 1. The largest absolute Gasteiger partial charge is 0.459 e. The fourth-order valence-electron chi connectivity index (χ4n) is 1.60. The molecule has 0 unspecified atom stereocenters. The summed E-state index contributed by atoms with van der Waals surface area (Å²) in [7, 11) is 1.69. The number of aromatic amines is 1. The van der Waals surface area contributed by atoms with Crippen molar-refractivity contribution in [1.82, 2.24) is 14.8 Å². The molecule has 90 valence electrons. The topological polar surface area (TPSA) is 77.0 Å². The van der Waals surface area contributed by atoms with Crippen molar-refractivity contribution in [3.05, 3.63) is 27.3 Å². The molecule has 1 N–H and O–H groups in total. The van der Waals surface area contributed by atoms with Gasteiger partial charge in [0.2, 0.25) is 0 Å². The summed E-state index contributed by atoms with van der Waals surface area (Å²) in [4.78, 5) is 26.4. The maximum Gasteiger partial charge on any atom is 0.303 e. The van der Waals surface area contributed by atoms with Gasteiger partial charge in [0.15, 0.2) is 0 Å². The lowest BCUT2D eigenvalue weighted by molar-refractivity contribution is -0.142. The zero-order valence-electron chi connectivity index (χ0n) is 9.28. The Labute approximate surface area is 101 Å². The SMILES string of the molecule is CC(=O)OCc1nc(Cl)cc2c1c(=O)[nH]n2C. The number of fused-ring (bicyclic) bond motifs is 1. The van der Waals surface area contributed by atoms with Gasteiger partial charge in [0.05, 0.1) is 16.6 Å². The number of hydrogen-bond acceptors (Lipinski definition) is 4. The number of pyridine rings is 1. The molecule has 0 aliphatic heterocycles. The van der Waals surface area contributed by atoms with E-state index in [0.717, 1.165) is 0 Å². The second-order valence-electron chi connectivity index (χ2n) is 3.57. The van der Waals surface area contributed by atoms with Crippen LogP contribution in [0.1, 0.15) is 12.6 Å². The van der Waals surface area contributed by atoms with E-state index in [1.807, 2.05) is 0 Å². The molecular weight excluding hydrogens is 246 g/mol. The number of ether oxygens (including phenoxy) is 1. The first-order chi connectivity index (χ1) is 7.99. The van der Waals surface area contributed by atoms with E-state index in [2.05, 4.69) is 10.1 Å². The average molecular weight is 256 g/mol. The summed E-state index contributed by atoms with van der Waals surface area (Å²) in [6.45, 7) is 1.22. The molecule has 17 heavy (non-hydrogen) atoms. The Morgan fingerprint density at radius 1 is 1.65 bits per heavy atom. The lowest BCUT2D eigenvalue weighted by Crippen LogP contribution is -2.07. The lowest BCUT2D eigenvalue weighted by atomic mass is 10.2. The number of nitrogens with one attached hydrogen (secondary N) is 1. The Bertz CT molecular complexity index is 644. The molecule has 7 heteroatoms. The minimum Gasteiger partial charge on any atom is -0.459 e. The fourth-order valence-corrected chi connectivity index (χ4v) is 1.81. The van der Waals surface area contributed by atoms with Gasteiger partial charge in [0.25, 0.3) is 5.56 Å². The van der Waals surface area contributed by atoms with Crippen LogP contribution in [0.2, 0.25) is 5.15 Å². The number of carbonyl (C=O) groups is 1. The Morgan fingerprint density at radius 3 is 3.00 bits per heavy atom. The molecule has 0 bridgehead atoms. The van der Waals surface area contributed by atoms with Crippen LogP contribution >= 0.6 is 11.6 Å². The van der Waals surface area contributed by atoms with Crippen LogP contribution < -0.4 is 5.56 Å². The van der Waals surface area contributed by atoms with Crippen LogP contribution in [0.15, 0.2) is 10.9 Å². The summed E-state index contributed by atoms with van der Waals surface area (Å²) < 4.78 is 6.38. The highest BCUT2D eigenvalue weighted by Gasteiger charge is 2.13. The lowest BCUT2D eigenvalue weighted by Gasteiger charge is -2.03. The Morgan fingerprint density at radius 2 is 2.35 bits per heavy atom. The van der Waals surface area contributed by atoms with Gasteiger partial charge in [0, 0.05) is 20.0 Å². The van der Waals surface area contributed by atoms with Crippen molar-refractivity contribution in [3.8, 4) is 0 Å². The second kappa shape index (κ2) is 4.21. The van der Waals surface area contributed by atoms with Crippen LogP contribution in [0.25, 0.3) is 10.9 Å². The van der Waals surface area contributed by atoms with E-state index >= 15 is 0 Å². The highest BCUT2D eigenvalue weighted by molar-refractivity contribution is 6.30. The number of carbonyl (C=O) groups excluding carboxylic acids is 1. The van der Waals surface area contributed by atoms with Gasteiger partial charge in [-0.2, -0.15) is 0 Å². The van der Waals surface area contributed by atoms with Crippen LogP contribution in [0.5, 0.6) is 0 Å². The van der Waals surface area contributed by atoms with Crippen LogP contribution in [-0.2, 0) is 23.2 Å². The number of rotatable bonds is 2. The summed E-state index contributed by atoms with van der Waals surface area (Å²) in [5, 5.41) is 3.22. The molecule has 2 aromatic rings. The smallest absolute Gasteiger partial charge is 0.303 e. The number of H-pyrrole nitrogens is 1. The summed E-state index contributed by atoms with van der Waals surface area (Å²) in [5.74, 6) is -0.438. The van der Waals surface area contributed by atoms with E-state index in [-0.39, 0.29) is 17.3 Å². The average Bonchev–Trinajstić information content (AvgIpc) is 2.51. The van der Waals surface area contributed by atoms with Crippen molar-refractivity contribution in [2.45, 2.75) is 13.5 Å². The van der Waals surface area contributed by atoms with Crippen molar-refractivity contribution in [2.75, 3.05) is 0 Å². The van der Waals surface area contributed by atoms with Crippen molar-refractivity contribution >= 4 is 28.5 Å². The van der Waals surface area contributed by atoms with E-state index in [1.54, 1.807) is 17.8 Å². The van der Waals surface area contributed by atoms with Gasteiger partial charge in [-0.1, -0.05) is 11.6 Å². The molecule has 0 aliphatic rings. The van der Waals surface area contributed by atoms with Gasteiger partial charge in [0.1, 0.15) is 11.8 Å². The zero-order valence-corrected chi connectivity index (χ0v) is 10.0. The molecule has 0 saturated carbocycles. The van der Waals surface area contributed by atoms with Gasteiger partial charge in [-0.15, -0.1) is 0 Å². The third-order valence-corrected chi connectivity index (χ3v) is 2.51. The molecular formula is C10H10ClN3O3. The van der Waals surface area contributed by atoms with Gasteiger partial charge < -0.3 is 4.74 Å². The molecule has 0 spiro atoms. The summed E-state index contributed by atoms with van der Waals surface area (Å²) in [5.41, 5.74) is 0.690. The summed E-state index contributed by atoms with van der Waals surface area (Å²) >= 11 is 5.84. The fraction of sp³-hybridized carbons (Fsp3) is 0.300. The van der Waals surface area contributed by atoms with E-state index in [0.29, 0.717) is 16.6 Å². The van der Waals surface area contributed by atoms with Gasteiger partial charge >= 0.3 is 5.97 Å². The van der Waals surface area contributed by atoms with E-state index in [4.69, 9.17) is 16.3 Å². The molecule has 2 aromatic heterocycles. The van der Waals surface area contributed by atoms with Crippen LogP contribution in [0.3, 0.4) is 0 Å². The molecule has 0 amide bonds. The number of nitrogens with zero attached hydrogens (tertiary/aromatic N) is 2. The number of aryl methyl sites for hydroxylation is 1. The van der Waals surface area contributed by atoms with E-state index in [9.17, 15) is 9.59 Å². The summed E-state index contributed by atoms with van der Waals surface area (Å²) in [6.07, 6.45) is 0. The number of esters is 1. The maximum atomic E-state index is 11.7. The summed E-state index contributed by atoms with van der Waals surface area (Å²) in [6, 6.07) is 1.58. The quantitative estimate of drug-likeness (QED) is 0.641. The van der Waals surface area contributed by atoms with Crippen molar-refractivity contribution < 1.29 is 9.53 Å². The molecule has 0 radical (unpaired) electrons.